The van der Waals surface area contributed by atoms with Crippen LogP contribution in [0.5, 0.6) is 0 Å². The predicted molar refractivity (Wildman–Crippen MR) is 70.8 cm³/mol. The number of ether oxygens (including phenoxy) is 1. The number of rotatable bonds is 4. The van der Waals surface area contributed by atoms with Crippen molar-refractivity contribution in [2.75, 3.05) is 20.7 Å². The minimum atomic E-state index is -0.205. The highest BCUT2D eigenvalue weighted by Crippen LogP contribution is 2.01. The van der Waals surface area contributed by atoms with Gasteiger partial charge in [-0.3, -0.25) is 9.69 Å². The first kappa shape index (κ1) is 15.7. The van der Waals surface area contributed by atoms with Crippen LogP contribution in [0, 0.1) is 0 Å². The van der Waals surface area contributed by atoms with E-state index in [-0.39, 0.29) is 5.97 Å². The molecule has 0 aliphatic rings. The van der Waals surface area contributed by atoms with Crippen LogP contribution in [0.25, 0.3) is 0 Å². The topological polar surface area (TPSA) is 29.5 Å². The highest BCUT2D eigenvalue weighted by Gasteiger charge is 2.05. The molecule has 0 bridgehead atoms. The van der Waals surface area contributed by atoms with Gasteiger partial charge in [-0.15, -0.1) is 0 Å². The molecule has 0 radical (unpaired) electrons. The van der Waals surface area contributed by atoms with Gasteiger partial charge in [0.1, 0.15) is 0 Å². The molecule has 0 saturated heterocycles. The molecular weight excluding hydrogens is 214 g/mol. The Labute approximate surface area is 104 Å². The molecule has 0 aliphatic heterocycles. The van der Waals surface area contributed by atoms with E-state index < -0.39 is 0 Å². The Morgan fingerprint density at radius 3 is 2.24 bits per heavy atom. The van der Waals surface area contributed by atoms with Gasteiger partial charge in [0.25, 0.3) is 0 Å². The lowest BCUT2D eigenvalue weighted by molar-refractivity contribution is -0.141. The highest BCUT2D eigenvalue weighted by atomic mass is 16.5. The van der Waals surface area contributed by atoms with Gasteiger partial charge in [-0.25, -0.2) is 0 Å². The lowest BCUT2D eigenvalue weighted by atomic mass is 10.2. The minimum Gasteiger partial charge on any atom is -0.468 e. The first-order valence-corrected chi connectivity index (χ1v) is 5.93. The average Bonchev–Trinajstić information content (AvgIpc) is 2.31. The lowest BCUT2D eigenvalue weighted by Gasteiger charge is -2.14. The second kappa shape index (κ2) is 9.85. The van der Waals surface area contributed by atoms with E-state index >= 15 is 0 Å². The molecule has 3 heteroatoms. The van der Waals surface area contributed by atoms with Gasteiger partial charge in [0, 0.05) is 6.54 Å². The monoisotopic (exact) mass is 237 g/mol. The van der Waals surface area contributed by atoms with E-state index in [0.29, 0.717) is 6.54 Å². The Morgan fingerprint density at radius 2 is 1.76 bits per heavy atom. The lowest BCUT2D eigenvalue weighted by Crippen LogP contribution is -2.26. The van der Waals surface area contributed by atoms with Crippen LogP contribution >= 0.6 is 0 Å². The predicted octanol–water partition coefficient (Wildman–Crippen LogP) is 2.71. The van der Waals surface area contributed by atoms with Crippen molar-refractivity contribution in [2.24, 2.45) is 0 Å². The van der Waals surface area contributed by atoms with Crippen molar-refractivity contribution in [3.05, 3.63) is 35.9 Å². The summed E-state index contributed by atoms with van der Waals surface area (Å²) in [4.78, 5) is 12.9. The number of methoxy groups -OCH3 is 1. The molecule has 0 atom stereocenters. The molecule has 0 amide bonds. The molecule has 0 unspecified atom stereocenters. The van der Waals surface area contributed by atoms with Crippen LogP contribution in [0.4, 0.5) is 0 Å². The summed E-state index contributed by atoms with van der Waals surface area (Å²) >= 11 is 0. The van der Waals surface area contributed by atoms with Gasteiger partial charge in [-0.1, -0.05) is 50.6 Å². The highest BCUT2D eigenvalue weighted by molar-refractivity contribution is 5.71. The molecule has 0 spiro atoms. The summed E-state index contributed by atoms with van der Waals surface area (Å²) in [7, 11) is 3.29. The second-order valence-electron chi connectivity index (χ2n) is 3.94. The molecule has 0 fully saturated rings. The van der Waals surface area contributed by atoms with Crippen molar-refractivity contribution in [3.8, 4) is 0 Å². The smallest absolute Gasteiger partial charge is 0.319 e. The maximum absolute atomic E-state index is 10.9. The van der Waals surface area contributed by atoms with E-state index in [4.69, 9.17) is 0 Å². The molecule has 17 heavy (non-hydrogen) atoms. The third kappa shape index (κ3) is 8.46. The van der Waals surface area contributed by atoms with Crippen LogP contribution < -0.4 is 0 Å². The Bertz CT molecular complexity index is 298. The summed E-state index contributed by atoms with van der Waals surface area (Å²) in [5.74, 6) is -0.205. The molecule has 1 aromatic rings. The summed E-state index contributed by atoms with van der Waals surface area (Å²) in [6.45, 7) is 5.33. The van der Waals surface area contributed by atoms with Crippen molar-refractivity contribution in [2.45, 2.75) is 26.8 Å². The van der Waals surface area contributed by atoms with Gasteiger partial charge < -0.3 is 4.74 Å². The van der Waals surface area contributed by atoms with Crippen LogP contribution in [0.2, 0.25) is 0 Å². The molecule has 1 rings (SSSR count). The molecule has 0 heterocycles. The maximum Gasteiger partial charge on any atom is 0.319 e. The van der Waals surface area contributed by atoms with Gasteiger partial charge in [0.05, 0.1) is 13.7 Å². The zero-order valence-corrected chi connectivity index (χ0v) is 11.3. The van der Waals surface area contributed by atoms with Crippen molar-refractivity contribution >= 4 is 5.97 Å². The first-order chi connectivity index (χ1) is 8.13. The third-order valence-electron chi connectivity index (χ3n) is 1.92. The van der Waals surface area contributed by atoms with Gasteiger partial charge in [0.15, 0.2) is 0 Å². The number of carbonyl (C=O) groups is 1. The molecule has 0 aromatic heterocycles. The van der Waals surface area contributed by atoms with Crippen molar-refractivity contribution in [3.63, 3.8) is 0 Å². The fourth-order valence-electron chi connectivity index (χ4n) is 1.24. The van der Waals surface area contributed by atoms with Gasteiger partial charge in [-0.05, 0) is 12.6 Å². The standard InChI is InChI=1S/C11H15NO2.C3H8/c1-12(9-11(13)14-2)8-10-6-4-3-5-7-10;1-3-2/h3-7H,8-9H2,1-2H3;3H2,1-2H3. The molecule has 3 nitrogen and oxygen atoms in total. The van der Waals surface area contributed by atoms with Crippen molar-refractivity contribution < 1.29 is 9.53 Å². The summed E-state index contributed by atoms with van der Waals surface area (Å²) in [5.41, 5.74) is 1.19. The van der Waals surface area contributed by atoms with Crippen LogP contribution in [-0.2, 0) is 16.1 Å². The first-order valence-electron chi connectivity index (χ1n) is 5.93. The summed E-state index contributed by atoms with van der Waals surface area (Å²) in [5, 5.41) is 0. The number of hydrogen-bond donors (Lipinski definition) is 0. The second-order valence-corrected chi connectivity index (χ2v) is 3.94. The van der Waals surface area contributed by atoms with E-state index in [1.54, 1.807) is 0 Å². The van der Waals surface area contributed by atoms with Crippen LogP contribution in [0.1, 0.15) is 25.8 Å². The fraction of sp³-hybridized carbons (Fsp3) is 0.500. The number of benzene rings is 1. The summed E-state index contributed by atoms with van der Waals surface area (Å²) < 4.78 is 4.58. The van der Waals surface area contributed by atoms with E-state index in [2.05, 4.69) is 18.6 Å². The Balaban J connectivity index is 0.000000770. The van der Waals surface area contributed by atoms with Gasteiger partial charge >= 0.3 is 5.97 Å². The van der Waals surface area contributed by atoms with Crippen molar-refractivity contribution in [1.29, 1.82) is 0 Å². The quantitative estimate of drug-likeness (QED) is 0.754. The van der Waals surface area contributed by atoms with E-state index in [1.807, 2.05) is 42.3 Å². The molecular formula is C14H23NO2. The van der Waals surface area contributed by atoms with Gasteiger partial charge in [-0.2, -0.15) is 0 Å². The SMILES string of the molecule is CCC.COC(=O)CN(C)Cc1ccccc1. The molecule has 0 N–H and O–H groups in total. The Kier molecular flexibility index (Phi) is 9.06. The number of esters is 1. The number of carbonyl (C=O) groups excluding carboxylic acids is 1. The maximum atomic E-state index is 10.9. The molecule has 0 aliphatic carbocycles. The molecule has 0 saturated carbocycles. The summed E-state index contributed by atoms with van der Waals surface area (Å²) in [6, 6.07) is 10.0. The minimum absolute atomic E-state index is 0.205. The zero-order chi connectivity index (χ0) is 13.1. The van der Waals surface area contributed by atoms with Gasteiger partial charge in [0.2, 0.25) is 0 Å². The van der Waals surface area contributed by atoms with Crippen LogP contribution in [0.15, 0.2) is 30.3 Å². The van der Waals surface area contributed by atoms with Crippen LogP contribution in [-0.4, -0.2) is 31.6 Å². The zero-order valence-electron chi connectivity index (χ0n) is 11.3. The Hall–Kier alpha value is -1.35. The normalized spacial score (nSPS) is 9.47. The Morgan fingerprint density at radius 1 is 1.24 bits per heavy atom. The summed E-state index contributed by atoms with van der Waals surface area (Å²) in [6.07, 6.45) is 1.25. The van der Waals surface area contributed by atoms with Crippen molar-refractivity contribution in [1.82, 2.24) is 4.90 Å². The number of nitrogens with zero attached hydrogens (tertiary/aromatic N) is 1. The molecule has 1 aromatic carbocycles. The third-order valence-corrected chi connectivity index (χ3v) is 1.92. The number of hydrogen-bond acceptors (Lipinski definition) is 3. The largest absolute Gasteiger partial charge is 0.468 e. The average molecular weight is 237 g/mol. The van der Waals surface area contributed by atoms with Crippen LogP contribution in [0.3, 0.4) is 0 Å². The van der Waals surface area contributed by atoms with E-state index in [0.717, 1.165) is 6.54 Å². The van der Waals surface area contributed by atoms with E-state index in [9.17, 15) is 4.79 Å². The fourth-order valence-corrected chi connectivity index (χ4v) is 1.24. The molecule has 96 valence electrons. The number of likely N-dealkylation sites (N-methyl/N-ethyl adjacent to an activating group) is 1. The van der Waals surface area contributed by atoms with E-state index in [1.165, 1.54) is 19.1 Å².